The Hall–Kier alpha value is -3.54. The number of hydrogen-bond donors (Lipinski definition) is 2. The van der Waals surface area contributed by atoms with E-state index in [-0.39, 0.29) is 41.6 Å². The van der Waals surface area contributed by atoms with Gasteiger partial charge in [-0.15, -0.1) is 0 Å². The maximum absolute atomic E-state index is 14.1. The van der Waals surface area contributed by atoms with E-state index >= 15 is 0 Å². The third kappa shape index (κ3) is 3.49. The molecule has 12 heteroatoms. The predicted molar refractivity (Wildman–Crippen MR) is 103 cm³/mol. The zero-order valence-corrected chi connectivity index (χ0v) is 15.8. The number of nitrogens with one attached hydrogen (secondary N) is 1. The lowest BCUT2D eigenvalue weighted by Gasteiger charge is -2.14. The summed E-state index contributed by atoms with van der Waals surface area (Å²) in [6, 6.07) is 2.28. The monoisotopic (exact) mass is 420 g/mol. The fourth-order valence-electron chi connectivity index (χ4n) is 2.88. The van der Waals surface area contributed by atoms with E-state index in [0.717, 1.165) is 29.1 Å². The molecule has 3 heterocycles. The van der Waals surface area contributed by atoms with Crippen LogP contribution >= 0.6 is 13.5 Å². The first-order valence-corrected chi connectivity index (χ1v) is 8.06. The van der Waals surface area contributed by atoms with Gasteiger partial charge < -0.3 is 5.11 Å². The molecule has 9 nitrogen and oxygen atoms in total. The summed E-state index contributed by atoms with van der Waals surface area (Å²) in [5, 5.41) is 16.9. The number of H-pyrrole nitrogens is 1. The van der Waals surface area contributed by atoms with Gasteiger partial charge in [-0.2, -0.15) is 23.7 Å². The summed E-state index contributed by atoms with van der Waals surface area (Å²) in [5.74, 6) is -2.42. The standard InChI is InChI=1S/C17H12F2N6O3.H2S/c1-8(11-4-10(18)2-3-12(11)19)25-14-13(6-21-25)22-17(23-15(14)26)24-7-9(5-20-24)16(27)28;/h2-8H,1H3,(H,27,28)(H,22,23,26);1H2/t8-;/m0./s1. The Kier molecular flexibility index (Phi) is 5.20. The number of fused-ring (bicyclic) bond motifs is 1. The number of aromatic amines is 1. The molecule has 0 bridgehead atoms. The van der Waals surface area contributed by atoms with Crippen molar-refractivity contribution in [2.24, 2.45) is 0 Å². The molecule has 150 valence electrons. The Labute approximate surface area is 168 Å². The molecule has 0 fully saturated rings. The van der Waals surface area contributed by atoms with Crippen LogP contribution in [-0.2, 0) is 0 Å². The highest BCUT2D eigenvalue weighted by Crippen LogP contribution is 2.24. The molecule has 0 aliphatic heterocycles. The smallest absolute Gasteiger partial charge is 0.338 e. The van der Waals surface area contributed by atoms with Gasteiger partial charge in [-0.25, -0.2) is 23.2 Å². The minimum absolute atomic E-state index is 0. The number of rotatable bonds is 4. The lowest BCUT2D eigenvalue weighted by atomic mass is 10.1. The molecule has 0 radical (unpaired) electrons. The lowest BCUT2D eigenvalue weighted by Crippen LogP contribution is -2.19. The second kappa shape index (κ2) is 7.47. The molecule has 1 atom stereocenters. The number of carboxylic acid groups (broad SMARTS) is 1. The zero-order valence-electron chi connectivity index (χ0n) is 14.8. The van der Waals surface area contributed by atoms with Crippen LogP contribution in [-0.4, -0.2) is 40.6 Å². The Morgan fingerprint density at radius 2 is 2.00 bits per heavy atom. The molecule has 0 amide bonds. The van der Waals surface area contributed by atoms with Gasteiger partial charge in [-0.05, 0) is 25.1 Å². The summed E-state index contributed by atoms with van der Waals surface area (Å²) in [4.78, 5) is 30.3. The van der Waals surface area contributed by atoms with Gasteiger partial charge in [0.25, 0.3) is 5.56 Å². The minimum atomic E-state index is -1.17. The van der Waals surface area contributed by atoms with Crippen LogP contribution in [0.1, 0.15) is 28.9 Å². The van der Waals surface area contributed by atoms with Gasteiger partial charge in [0, 0.05) is 11.8 Å². The number of carboxylic acids is 1. The summed E-state index contributed by atoms with van der Waals surface area (Å²) < 4.78 is 30.0. The molecule has 0 unspecified atom stereocenters. The van der Waals surface area contributed by atoms with Crippen molar-refractivity contribution in [3.63, 3.8) is 0 Å². The molecule has 0 spiro atoms. The van der Waals surface area contributed by atoms with Gasteiger partial charge >= 0.3 is 5.97 Å². The van der Waals surface area contributed by atoms with Crippen molar-refractivity contribution < 1.29 is 18.7 Å². The molecule has 0 aliphatic carbocycles. The van der Waals surface area contributed by atoms with Crippen molar-refractivity contribution in [2.45, 2.75) is 13.0 Å². The minimum Gasteiger partial charge on any atom is -0.478 e. The second-order valence-electron chi connectivity index (χ2n) is 6.03. The van der Waals surface area contributed by atoms with Crippen molar-refractivity contribution in [1.82, 2.24) is 29.5 Å². The van der Waals surface area contributed by atoms with E-state index in [1.165, 1.54) is 17.1 Å². The van der Waals surface area contributed by atoms with Gasteiger partial charge in [0.1, 0.15) is 17.2 Å². The summed E-state index contributed by atoms with van der Waals surface area (Å²) in [6.45, 7) is 1.57. The van der Waals surface area contributed by atoms with Crippen LogP contribution in [0.4, 0.5) is 8.78 Å². The second-order valence-corrected chi connectivity index (χ2v) is 6.03. The number of benzene rings is 1. The topological polar surface area (TPSA) is 119 Å². The maximum Gasteiger partial charge on any atom is 0.338 e. The molecular formula is C17H14F2N6O3S. The summed E-state index contributed by atoms with van der Waals surface area (Å²) in [6.07, 6.45) is 3.62. The van der Waals surface area contributed by atoms with Gasteiger partial charge in [-0.1, -0.05) is 0 Å². The Balaban J connectivity index is 0.00000240. The summed E-state index contributed by atoms with van der Waals surface area (Å²) in [7, 11) is 0. The van der Waals surface area contributed by atoms with Crippen molar-refractivity contribution in [2.75, 3.05) is 0 Å². The fourth-order valence-corrected chi connectivity index (χ4v) is 2.88. The normalized spacial score (nSPS) is 12.0. The van der Waals surface area contributed by atoms with Gasteiger partial charge in [0.05, 0.1) is 24.0 Å². The molecular weight excluding hydrogens is 406 g/mol. The highest BCUT2D eigenvalue weighted by molar-refractivity contribution is 7.59. The van der Waals surface area contributed by atoms with Gasteiger partial charge in [-0.3, -0.25) is 14.5 Å². The molecule has 3 aromatic heterocycles. The largest absolute Gasteiger partial charge is 0.478 e. The summed E-state index contributed by atoms with van der Waals surface area (Å²) in [5.41, 5.74) is -0.380. The van der Waals surface area contributed by atoms with Crippen LogP contribution in [0.5, 0.6) is 0 Å². The first-order valence-electron chi connectivity index (χ1n) is 8.06. The van der Waals surface area contributed by atoms with Crippen LogP contribution in [0.3, 0.4) is 0 Å². The van der Waals surface area contributed by atoms with Crippen LogP contribution in [0.25, 0.3) is 17.0 Å². The molecule has 2 N–H and O–H groups in total. The number of nitrogens with zero attached hydrogens (tertiary/aromatic N) is 5. The number of aromatic nitrogens is 6. The van der Waals surface area contributed by atoms with E-state index in [4.69, 9.17) is 5.11 Å². The van der Waals surface area contributed by atoms with Gasteiger partial charge in [0.15, 0.2) is 5.52 Å². The highest BCUT2D eigenvalue weighted by atomic mass is 32.1. The van der Waals surface area contributed by atoms with E-state index < -0.39 is 29.2 Å². The third-order valence-electron chi connectivity index (χ3n) is 4.26. The quantitative estimate of drug-likeness (QED) is 0.521. The highest BCUT2D eigenvalue weighted by Gasteiger charge is 2.20. The van der Waals surface area contributed by atoms with Crippen LogP contribution in [0.15, 0.2) is 41.6 Å². The van der Waals surface area contributed by atoms with E-state index in [2.05, 4.69) is 20.2 Å². The molecule has 0 aliphatic rings. The zero-order chi connectivity index (χ0) is 20.0. The van der Waals surface area contributed by atoms with Crippen molar-refractivity contribution >= 4 is 30.5 Å². The predicted octanol–water partition coefficient (Wildman–Crippen LogP) is 2.00. The molecule has 29 heavy (non-hydrogen) atoms. The molecule has 0 saturated carbocycles. The van der Waals surface area contributed by atoms with Crippen LogP contribution in [0, 0.1) is 11.6 Å². The average Bonchev–Trinajstić information content (AvgIpc) is 3.30. The Morgan fingerprint density at radius 1 is 1.24 bits per heavy atom. The lowest BCUT2D eigenvalue weighted by molar-refractivity contribution is 0.0697. The number of aromatic carboxylic acids is 1. The van der Waals surface area contributed by atoms with Crippen LogP contribution in [0.2, 0.25) is 0 Å². The number of hydrogen-bond acceptors (Lipinski definition) is 5. The molecule has 4 rings (SSSR count). The maximum atomic E-state index is 14.1. The molecule has 4 aromatic rings. The SMILES string of the molecule is C[C@@H](c1cc(F)ccc1F)n1ncc2nc(-n3cc(C(=O)O)cn3)[nH]c(=O)c21.S. The number of halogens is 2. The van der Waals surface area contributed by atoms with Crippen molar-refractivity contribution in [1.29, 1.82) is 0 Å². The van der Waals surface area contributed by atoms with Gasteiger partial charge in [0.2, 0.25) is 5.95 Å². The Morgan fingerprint density at radius 3 is 2.69 bits per heavy atom. The van der Waals surface area contributed by atoms with E-state index in [1.54, 1.807) is 6.92 Å². The van der Waals surface area contributed by atoms with E-state index in [9.17, 15) is 18.4 Å². The fraction of sp³-hybridized carbons (Fsp3) is 0.118. The Bertz CT molecular complexity index is 1280. The van der Waals surface area contributed by atoms with Crippen LogP contribution < -0.4 is 5.56 Å². The molecule has 1 aromatic carbocycles. The summed E-state index contributed by atoms with van der Waals surface area (Å²) >= 11 is 0. The molecule has 0 saturated heterocycles. The number of carbonyl (C=O) groups is 1. The van der Waals surface area contributed by atoms with Crippen molar-refractivity contribution in [3.8, 4) is 5.95 Å². The van der Waals surface area contributed by atoms with E-state index in [0.29, 0.717) is 0 Å². The first-order chi connectivity index (χ1) is 13.3. The average molecular weight is 420 g/mol. The van der Waals surface area contributed by atoms with E-state index in [1.807, 2.05) is 0 Å². The third-order valence-corrected chi connectivity index (χ3v) is 4.26. The van der Waals surface area contributed by atoms with Crippen molar-refractivity contribution in [3.05, 3.63) is 69.9 Å². The first kappa shape index (κ1) is 20.2.